The van der Waals surface area contributed by atoms with E-state index in [9.17, 15) is 18.3 Å². The lowest BCUT2D eigenvalue weighted by Crippen LogP contribution is -2.42. The van der Waals surface area contributed by atoms with Gasteiger partial charge < -0.3 is 10.4 Å². The van der Waals surface area contributed by atoms with E-state index in [1.165, 1.54) is 18.6 Å². The molecule has 1 aromatic carbocycles. The van der Waals surface area contributed by atoms with Gasteiger partial charge in [-0.05, 0) is 50.6 Å². The number of carboxylic acid groups (broad SMARTS) is 1. The fraction of sp³-hybridized carbons (Fsp3) is 0.217. The highest BCUT2D eigenvalue weighted by atomic mass is 32.2. The van der Waals surface area contributed by atoms with Crippen molar-refractivity contribution >= 4 is 32.8 Å². The van der Waals surface area contributed by atoms with Gasteiger partial charge in [-0.3, -0.25) is 0 Å². The molecule has 3 aromatic heterocycles. The molecule has 0 amide bonds. The molecule has 0 aliphatic heterocycles. The SMILES string of the molecule is CCC(C)(Nc1ccnc(-c2cn(S(=O)(=O)c3ccc(C)cc3)c3ncccc23)n1)C(=O)O. The van der Waals surface area contributed by atoms with Crippen molar-refractivity contribution in [1.29, 1.82) is 0 Å². The second kappa shape index (κ2) is 8.28. The summed E-state index contributed by atoms with van der Waals surface area (Å²) in [5.41, 5.74) is 0.448. The van der Waals surface area contributed by atoms with Crippen LogP contribution in [-0.4, -0.2) is 44.0 Å². The highest BCUT2D eigenvalue weighted by molar-refractivity contribution is 7.90. The average molecular weight is 466 g/mol. The predicted molar refractivity (Wildman–Crippen MR) is 124 cm³/mol. The Hall–Kier alpha value is -3.79. The summed E-state index contributed by atoms with van der Waals surface area (Å²) in [7, 11) is -3.92. The maximum Gasteiger partial charge on any atom is 0.329 e. The number of carbonyl (C=O) groups is 1. The highest BCUT2D eigenvalue weighted by Crippen LogP contribution is 2.31. The Balaban J connectivity index is 1.84. The number of fused-ring (bicyclic) bond motifs is 1. The number of aliphatic carboxylic acids is 1. The molecule has 0 saturated carbocycles. The first kappa shape index (κ1) is 22.4. The Kier molecular flexibility index (Phi) is 5.62. The van der Waals surface area contributed by atoms with Gasteiger partial charge in [-0.15, -0.1) is 0 Å². The first-order chi connectivity index (χ1) is 15.7. The highest BCUT2D eigenvalue weighted by Gasteiger charge is 2.31. The van der Waals surface area contributed by atoms with Crippen LogP contribution in [0.3, 0.4) is 0 Å². The molecule has 0 saturated heterocycles. The molecule has 170 valence electrons. The van der Waals surface area contributed by atoms with Crippen molar-refractivity contribution < 1.29 is 18.3 Å². The van der Waals surface area contributed by atoms with E-state index in [-0.39, 0.29) is 16.4 Å². The minimum absolute atomic E-state index is 0.138. The lowest BCUT2D eigenvalue weighted by atomic mass is 9.99. The molecule has 3 heterocycles. The van der Waals surface area contributed by atoms with Crippen LogP contribution >= 0.6 is 0 Å². The molecule has 10 heteroatoms. The van der Waals surface area contributed by atoms with Crippen LogP contribution in [0.25, 0.3) is 22.4 Å². The summed E-state index contributed by atoms with van der Waals surface area (Å²) in [4.78, 5) is 24.9. The molecular formula is C23H23N5O4S. The van der Waals surface area contributed by atoms with Crippen molar-refractivity contribution in [3.8, 4) is 11.4 Å². The van der Waals surface area contributed by atoms with E-state index >= 15 is 0 Å². The van der Waals surface area contributed by atoms with E-state index in [2.05, 4.69) is 20.3 Å². The number of rotatable bonds is 7. The largest absolute Gasteiger partial charge is 0.480 e. The molecule has 0 aliphatic rings. The summed E-state index contributed by atoms with van der Waals surface area (Å²) in [5.74, 6) is -0.437. The zero-order valence-electron chi connectivity index (χ0n) is 18.3. The molecule has 0 fully saturated rings. The third-order valence-corrected chi connectivity index (χ3v) is 7.25. The van der Waals surface area contributed by atoms with E-state index in [0.29, 0.717) is 23.2 Å². The summed E-state index contributed by atoms with van der Waals surface area (Å²) < 4.78 is 27.9. The first-order valence-electron chi connectivity index (χ1n) is 10.3. The molecule has 33 heavy (non-hydrogen) atoms. The smallest absolute Gasteiger partial charge is 0.329 e. The molecule has 4 rings (SSSR count). The third kappa shape index (κ3) is 4.05. The standard InChI is InChI=1S/C23H23N5O4S/c1-4-23(3,22(29)30)27-19-11-13-24-20(26-19)18-14-28(21-17(18)6-5-12-25-21)33(31,32)16-9-7-15(2)8-10-16/h5-14H,4H2,1-3H3,(H,29,30)(H,24,26,27). The zero-order chi connectivity index (χ0) is 23.8. The molecule has 0 bridgehead atoms. The van der Waals surface area contributed by atoms with Gasteiger partial charge in [0.05, 0.1) is 4.90 Å². The number of aryl methyl sites for hydroxylation is 1. The maximum atomic E-state index is 13.4. The summed E-state index contributed by atoms with van der Waals surface area (Å²) >= 11 is 0. The molecule has 4 aromatic rings. The number of pyridine rings is 1. The van der Waals surface area contributed by atoms with Crippen molar-refractivity contribution in [1.82, 2.24) is 18.9 Å². The summed E-state index contributed by atoms with van der Waals surface area (Å²) in [5, 5.41) is 13.1. The molecule has 2 N–H and O–H groups in total. The number of anilines is 1. The van der Waals surface area contributed by atoms with Crippen LogP contribution < -0.4 is 5.32 Å². The van der Waals surface area contributed by atoms with E-state index < -0.39 is 21.5 Å². The molecule has 1 atom stereocenters. The third-order valence-electron chi connectivity index (χ3n) is 5.59. The Morgan fingerprint density at radius 1 is 1.12 bits per heavy atom. The van der Waals surface area contributed by atoms with Crippen LogP contribution in [0.1, 0.15) is 25.8 Å². The molecule has 0 spiro atoms. The van der Waals surface area contributed by atoms with Gasteiger partial charge >= 0.3 is 5.97 Å². The van der Waals surface area contributed by atoms with Crippen LogP contribution in [0.15, 0.2) is 66.0 Å². The average Bonchev–Trinajstić information content (AvgIpc) is 3.20. The number of nitrogens with zero attached hydrogens (tertiary/aromatic N) is 4. The van der Waals surface area contributed by atoms with E-state index in [1.54, 1.807) is 56.3 Å². The second-order valence-electron chi connectivity index (χ2n) is 7.91. The van der Waals surface area contributed by atoms with Gasteiger partial charge in [0.25, 0.3) is 10.0 Å². The molecule has 1 unspecified atom stereocenters. The number of hydrogen-bond donors (Lipinski definition) is 2. The zero-order valence-corrected chi connectivity index (χ0v) is 19.2. The van der Waals surface area contributed by atoms with Gasteiger partial charge in [-0.2, -0.15) is 0 Å². The second-order valence-corrected chi connectivity index (χ2v) is 9.73. The van der Waals surface area contributed by atoms with Crippen LogP contribution in [0.5, 0.6) is 0 Å². The minimum atomic E-state index is -3.92. The van der Waals surface area contributed by atoms with Crippen LogP contribution in [-0.2, 0) is 14.8 Å². The first-order valence-corrected chi connectivity index (χ1v) is 11.7. The van der Waals surface area contributed by atoms with E-state index in [4.69, 9.17) is 0 Å². The Bertz CT molecular complexity index is 1450. The van der Waals surface area contributed by atoms with Gasteiger partial charge in [0.15, 0.2) is 11.5 Å². The Morgan fingerprint density at radius 2 is 1.85 bits per heavy atom. The van der Waals surface area contributed by atoms with E-state index in [1.807, 2.05) is 6.92 Å². The molecule has 0 radical (unpaired) electrons. The monoisotopic (exact) mass is 465 g/mol. The summed E-state index contributed by atoms with van der Waals surface area (Å²) in [6.07, 6.45) is 4.80. The lowest BCUT2D eigenvalue weighted by Gasteiger charge is -2.25. The van der Waals surface area contributed by atoms with E-state index in [0.717, 1.165) is 9.54 Å². The minimum Gasteiger partial charge on any atom is -0.480 e. The fourth-order valence-corrected chi connectivity index (χ4v) is 4.67. The van der Waals surface area contributed by atoms with Gasteiger partial charge in [-0.25, -0.2) is 32.1 Å². The fourth-order valence-electron chi connectivity index (χ4n) is 3.35. The number of nitrogens with one attached hydrogen (secondary N) is 1. The van der Waals surface area contributed by atoms with Crippen LogP contribution in [0.4, 0.5) is 5.82 Å². The van der Waals surface area contributed by atoms with Crippen LogP contribution in [0, 0.1) is 6.92 Å². The topological polar surface area (TPSA) is 127 Å². The summed E-state index contributed by atoms with van der Waals surface area (Å²) in [6.45, 7) is 5.22. The van der Waals surface area contributed by atoms with Crippen molar-refractivity contribution in [3.05, 3.63) is 66.6 Å². The van der Waals surface area contributed by atoms with Gasteiger partial charge in [0.2, 0.25) is 0 Å². The van der Waals surface area contributed by atoms with Gasteiger partial charge in [-0.1, -0.05) is 24.6 Å². The van der Waals surface area contributed by atoms with Crippen molar-refractivity contribution in [3.63, 3.8) is 0 Å². The van der Waals surface area contributed by atoms with Crippen molar-refractivity contribution in [2.24, 2.45) is 0 Å². The maximum absolute atomic E-state index is 13.4. The molecule has 9 nitrogen and oxygen atoms in total. The van der Waals surface area contributed by atoms with Crippen molar-refractivity contribution in [2.75, 3.05) is 5.32 Å². The number of hydrogen-bond acceptors (Lipinski definition) is 7. The lowest BCUT2D eigenvalue weighted by molar-refractivity contribution is -0.141. The molecule has 0 aliphatic carbocycles. The number of aromatic nitrogens is 4. The van der Waals surface area contributed by atoms with Crippen LogP contribution in [0.2, 0.25) is 0 Å². The van der Waals surface area contributed by atoms with Crippen molar-refractivity contribution in [2.45, 2.75) is 37.6 Å². The predicted octanol–water partition coefficient (Wildman–Crippen LogP) is 3.70. The quantitative estimate of drug-likeness (QED) is 0.423. The van der Waals surface area contributed by atoms with Gasteiger partial charge in [0, 0.05) is 29.5 Å². The Morgan fingerprint density at radius 3 is 2.52 bits per heavy atom. The van der Waals surface area contributed by atoms with Gasteiger partial charge in [0.1, 0.15) is 11.4 Å². The number of benzene rings is 1. The number of carboxylic acids is 1. The molecular weight excluding hydrogens is 442 g/mol. The summed E-state index contributed by atoms with van der Waals surface area (Å²) in [6, 6.07) is 11.6. The Labute approximate surface area is 191 Å². The normalized spacial score (nSPS) is 13.5.